The van der Waals surface area contributed by atoms with Crippen LogP contribution in [-0.2, 0) is 0 Å². The second-order valence-electron chi connectivity index (χ2n) is 10.3. The number of fused-ring (bicyclic) bond motifs is 1. The Morgan fingerprint density at radius 3 is 2.52 bits per heavy atom. The van der Waals surface area contributed by atoms with Crippen molar-refractivity contribution >= 4 is 27.2 Å². The molecule has 7 nitrogen and oxygen atoms in total. The molecule has 2 aromatic heterocycles. The van der Waals surface area contributed by atoms with Crippen LogP contribution in [0.4, 0.5) is 10.9 Å². The molecule has 1 N–H and O–H groups in total. The van der Waals surface area contributed by atoms with Gasteiger partial charge in [-0.1, -0.05) is 42.7 Å². The average molecular weight is 469 g/mol. The summed E-state index contributed by atoms with van der Waals surface area (Å²) in [4.78, 5) is 11.1. The van der Waals surface area contributed by atoms with Crippen molar-refractivity contribution in [1.82, 2.24) is 19.5 Å². The van der Waals surface area contributed by atoms with Gasteiger partial charge in [0.15, 0.2) is 5.82 Å². The highest BCUT2D eigenvalue weighted by Crippen LogP contribution is 2.36. The summed E-state index contributed by atoms with van der Waals surface area (Å²) in [6.07, 6.45) is 6.96. The molecule has 8 heteroatoms. The van der Waals surface area contributed by atoms with E-state index in [-0.39, 0.29) is 5.54 Å². The van der Waals surface area contributed by atoms with E-state index in [9.17, 15) is 0 Å². The van der Waals surface area contributed by atoms with Gasteiger partial charge in [-0.2, -0.15) is 4.52 Å². The molecule has 1 aliphatic carbocycles. The Kier molecular flexibility index (Phi) is 6.22. The molecular formula is C25H36N6OS. The Bertz CT molecular complexity index is 1090. The molecule has 0 bridgehead atoms. The number of hydrogen-bond acceptors (Lipinski definition) is 7. The molecule has 0 radical (unpaired) electrons. The zero-order chi connectivity index (χ0) is 23.0. The van der Waals surface area contributed by atoms with E-state index >= 15 is 0 Å². The molecule has 2 fully saturated rings. The van der Waals surface area contributed by atoms with E-state index in [1.165, 1.54) is 32.1 Å². The third kappa shape index (κ3) is 4.82. The summed E-state index contributed by atoms with van der Waals surface area (Å²) in [7, 11) is 1.70. The molecule has 0 amide bonds. The number of rotatable bonds is 5. The summed E-state index contributed by atoms with van der Waals surface area (Å²) in [6.45, 7) is 10.8. The van der Waals surface area contributed by atoms with Crippen LogP contribution in [0.3, 0.4) is 0 Å². The van der Waals surface area contributed by atoms with Gasteiger partial charge >= 0.3 is 0 Å². The van der Waals surface area contributed by atoms with E-state index < -0.39 is 0 Å². The molecule has 0 atom stereocenters. The Morgan fingerprint density at radius 2 is 1.82 bits per heavy atom. The van der Waals surface area contributed by atoms with Crippen molar-refractivity contribution in [1.29, 1.82) is 0 Å². The number of methoxy groups -OCH3 is 1. The number of hydrogen-bond donors (Lipinski definition) is 1. The van der Waals surface area contributed by atoms with Crippen molar-refractivity contribution in [2.75, 3.05) is 43.5 Å². The van der Waals surface area contributed by atoms with Crippen molar-refractivity contribution in [3.8, 4) is 17.0 Å². The predicted octanol–water partition coefficient (Wildman–Crippen LogP) is 5.13. The predicted molar refractivity (Wildman–Crippen MR) is 137 cm³/mol. The zero-order valence-electron chi connectivity index (χ0n) is 20.3. The van der Waals surface area contributed by atoms with Crippen LogP contribution >= 0.6 is 11.3 Å². The van der Waals surface area contributed by atoms with E-state index in [1.54, 1.807) is 18.4 Å². The van der Waals surface area contributed by atoms with Gasteiger partial charge in [-0.25, -0.2) is 4.98 Å². The van der Waals surface area contributed by atoms with Crippen LogP contribution in [0.25, 0.3) is 16.2 Å². The lowest BCUT2D eigenvalue weighted by atomic mass is 9.94. The highest BCUT2D eigenvalue weighted by atomic mass is 32.1. The van der Waals surface area contributed by atoms with Crippen LogP contribution in [0.2, 0.25) is 0 Å². The Labute approximate surface area is 200 Å². The minimum atomic E-state index is -0.112. The van der Waals surface area contributed by atoms with Gasteiger partial charge in [0.25, 0.3) is 0 Å². The maximum atomic E-state index is 5.44. The minimum Gasteiger partial charge on any atom is -0.497 e. The number of anilines is 2. The minimum absolute atomic E-state index is 0.112. The lowest BCUT2D eigenvalue weighted by Crippen LogP contribution is -2.50. The SMILES string of the molecule is COc1cccc(-c2nc3sc(N4CCN(C5CCCCC5)CC4)nn3c2NC(C)(C)C)c1. The third-order valence-corrected chi connectivity index (χ3v) is 7.67. The lowest BCUT2D eigenvalue weighted by Gasteiger charge is -2.40. The van der Waals surface area contributed by atoms with Crippen molar-refractivity contribution in [2.24, 2.45) is 0 Å². The summed E-state index contributed by atoms with van der Waals surface area (Å²) in [5.41, 5.74) is 1.83. The van der Waals surface area contributed by atoms with E-state index in [2.05, 4.69) is 42.0 Å². The van der Waals surface area contributed by atoms with E-state index in [1.807, 2.05) is 22.7 Å². The van der Waals surface area contributed by atoms with E-state index in [0.29, 0.717) is 0 Å². The van der Waals surface area contributed by atoms with Crippen molar-refractivity contribution in [3.63, 3.8) is 0 Å². The van der Waals surface area contributed by atoms with Crippen molar-refractivity contribution in [3.05, 3.63) is 24.3 Å². The fraction of sp³-hybridized carbons (Fsp3) is 0.600. The van der Waals surface area contributed by atoms with E-state index in [0.717, 1.165) is 65.1 Å². The molecule has 0 unspecified atom stereocenters. The quantitative estimate of drug-likeness (QED) is 0.560. The number of nitrogens with one attached hydrogen (secondary N) is 1. The molecule has 33 heavy (non-hydrogen) atoms. The number of aromatic nitrogens is 3. The van der Waals surface area contributed by atoms with Gasteiger partial charge in [0.2, 0.25) is 10.1 Å². The normalized spacial score (nSPS) is 18.7. The largest absolute Gasteiger partial charge is 0.497 e. The molecule has 3 heterocycles. The van der Waals surface area contributed by atoms with Crippen LogP contribution < -0.4 is 15.0 Å². The first kappa shape index (κ1) is 22.5. The maximum absolute atomic E-state index is 5.44. The summed E-state index contributed by atoms with van der Waals surface area (Å²) in [5.74, 6) is 1.77. The standard InChI is InChI=1S/C25H36N6OS/c1-25(2,3)27-22-21(18-9-8-12-20(17-18)32-4)26-23-31(22)28-24(33-23)30-15-13-29(14-16-30)19-10-6-5-7-11-19/h8-9,12,17,19,27H,5-7,10-11,13-16H2,1-4H3. The van der Waals surface area contributed by atoms with Gasteiger partial charge in [0.05, 0.1) is 7.11 Å². The summed E-state index contributed by atoms with van der Waals surface area (Å²) in [5, 5.41) is 9.75. The Hall–Kier alpha value is -2.32. The summed E-state index contributed by atoms with van der Waals surface area (Å²) in [6, 6.07) is 8.87. The molecule has 2 aliphatic rings. The molecule has 178 valence electrons. The topological polar surface area (TPSA) is 57.9 Å². The second-order valence-corrected chi connectivity index (χ2v) is 11.2. The molecule has 1 aromatic carbocycles. The number of benzene rings is 1. The summed E-state index contributed by atoms with van der Waals surface area (Å²) < 4.78 is 7.44. The lowest BCUT2D eigenvalue weighted by molar-refractivity contribution is 0.148. The van der Waals surface area contributed by atoms with Gasteiger partial charge < -0.3 is 15.0 Å². The van der Waals surface area contributed by atoms with Gasteiger partial charge in [-0.15, -0.1) is 5.10 Å². The van der Waals surface area contributed by atoms with Gasteiger partial charge in [-0.3, -0.25) is 4.90 Å². The fourth-order valence-electron chi connectivity index (χ4n) is 5.03. The summed E-state index contributed by atoms with van der Waals surface area (Å²) >= 11 is 1.68. The van der Waals surface area contributed by atoms with Crippen LogP contribution in [-0.4, -0.2) is 64.4 Å². The maximum Gasteiger partial charge on any atom is 0.216 e. The van der Waals surface area contributed by atoms with Gasteiger partial charge in [0.1, 0.15) is 11.4 Å². The molecule has 1 saturated carbocycles. The first-order valence-corrected chi connectivity index (χ1v) is 13.0. The monoisotopic (exact) mass is 468 g/mol. The first-order chi connectivity index (χ1) is 15.9. The van der Waals surface area contributed by atoms with Crippen LogP contribution in [0.5, 0.6) is 5.75 Å². The molecular weight excluding hydrogens is 432 g/mol. The Morgan fingerprint density at radius 1 is 1.06 bits per heavy atom. The Balaban J connectivity index is 1.41. The van der Waals surface area contributed by atoms with Crippen LogP contribution in [0.15, 0.2) is 24.3 Å². The van der Waals surface area contributed by atoms with Crippen LogP contribution in [0, 0.1) is 0 Å². The van der Waals surface area contributed by atoms with Gasteiger partial charge in [0, 0.05) is 43.3 Å². The molecule has 5 rings (SSSR count). The van der Waals surface area contributed by atoms with Crippen molar-refractivity contribution in [2.45, 2.75) is 64.5 Å². The smallest absolute Gasteiger partial charge is 0.216 e. The van der Waals surface area contributed by atoms with Crippen molar-refractivity contribution < 1.29 is 4.74 Å². The van der Waals surface area contributed by atoms with Crippen LogP contribution in [0.1, 0.15) is 52.9 Å². The first-order valence-electron chi connectivity index (χ1n) is 12.2. The number of ether oxygens (including phenoxy) is 1. The number of nitrogens with zero attached hydrogens (tertiary/aromatic N) is 5. The van der Waals surface area contributed by atoms with Gasteiger partial charge in [-0.05, 0) is 45.7 Å². The average Bonchev–Trinajstić information content (AvgIpc) is 3.38. The highest BCUT2D eigenvalue weighted by Gasteiger charge is 2.28. The highest BCUT2D eigenvalue weighted by molar-refractivity contribution is 7.20. The third-order valence-electron chi connectivity index (χ3n) is 6.71. The zero-order valence-corrected chi connectivity index (χ0v) is 21.1. The fourth-order valence-corrected chi connectivity index (χ4v) is 5.98. The molecule has 1 aliphatic heterocycles. The molecule has 0 spiro atoms. The number of imidazole rings is 1. The molecule has 1 saturated heterocycles. The van der Waals surface area contributed by atoms with E-state index in [4.69, 9.17) is 14.8 Å². The second kappa shape index (κ2) is 9.14. The number of piperazine rings is 1. The molecule has 3 aromatic rings.